The second kappa shape index (κ2) is 5.17. The highest BCUT2D eigenvalue weighted by atomic mass is 32.2. The Balaban J connectivity index is 2.11. The molecule has 1 aromatic carbocycles. The minimum absolute atomic E-state index is 0.200. The molecule has 0 spiro atoms. The van der Waals surface area contributed by atoms with Gasteiger partial charge in [0.1, 0.15) is 5.82 Å². The molecule has 0 saturated heterocycles. The Bertz CT molecular complexity index is 415. The van der Waals surface area contributed by atoms with Crippen molar-refractivity contribution in [3.63, 3.8) is 0 Å². The van der Waals surface area contributed by atoms with Crippen molar-refractivity contribution in [3.8, 4) is 0 Å². The number of benzene rings is 1. The average molecular weight is 271 g/mol. The quantitative estimate of drug-likeness (QED) is 0.835. The molecular weight excluding hydrogens is 253 g/mol. The predicted molar refractivity (Wildman–Crippen MR) is 70.0 cm³/mol. The van der Waals surface area contributed by atoms with E-state index in [9.17, 15) is 4.39 Å². The van der Waals surface area contributed by atoms with Crippen molar-refractivity contribution in [2.75, 3.05) is 20.8 Å². The fraction of sp³-hybridized carbons (Fsp3) is 0.538. The van der Waals surface area contributed by atoms with Crippen LogP contribution in [0.3, 0.4) is 0 Å². The van der Waals surface area contributed by atoms with Gasteiger partial charge in [0, 0.05) is 43.2 Å². The maximum absolute atomic E-state index is 13.6. The number of thioether (sulfide) groups is 1. The van der Waals surface area contributed by atoms with Gasteiger partial charge in [-0.15, -0.1) is 11.8 Å². The van der Waals surface area contributed by atoms with Crippen LogP contribution in [0, 0.1) is 5.82 Å². The van der Waals surface area contributed by atoms with Crippen LogP contribution in [0.1, 0.15) is 12.8 Å². The van der Waals surface area contributed by atoms with Crippen molar-refractivity contribution < 1.29 is 13.9 Å². The Morgan fingerprint density at radius 3 is 2.39 bits per heavy atom. The Kier molecular flexibility index (Phi) is 3.96. The maximum Gasteiger partial charge on any atom is 0.170 e. The molecule has 0 heterocycles. The van der Waals surface area contributed by atoms with E-state index < -0.39 is 5.79 Å². The fourth-order valence-corrected chi connectivity index (χ4v) is 3.77. The van der Waals surface area contributed by atoms with Crippen LogP contribution in [0.5, 0.6) is 0 Å². The molecule has 2 rings (SSSR count). The highest BCUT2D eigenvalue weighted by molar-refractivity contribution is 8.00. The highest BCUT2D eigenvalue weighted by Crippen LogP contribution is 2.54. The molecule has 5 heteroatoms. The van der Waals surface area contributed by atoms with Crippen LogP contribution in [-0.4, -0.2) is 31.3 Å². The van der Waals surface area contributed by atoms with Gasteiger partial charge in [0.2, 0.25) is 0 Å². The third-order valence-corrected chi connectivity index (χ3v) is 4.90. The van der Waals surface area contributed by atoms with Crippen LogP contribution in [-0.2, 0) is 9.47 Å². The lowest BCUT2D eigenvalue weighted by Crippen LogP contribution is -2.60. The minimum atomic E-state index is -0.558. The molecule has 0 radical (unpaired) electrons. The van der Waals surface area contributed by atoms with Crippen molar-refractivity contribution in [2.24, 2.45) is 5.73 Å². The van der Waals surface area contributed by atoms with Gasteiger partial charge in [0.25, 0.3) is 0 Å². The normalized spacial score (nSPS) is 20.4. The first-order valence-corrected chi connectivity index (χ1v) is 6.64. The smallest absolute Gasteiger partial charge is 0.170 e. The average Bonchev–Trinajstić information content (AvgIpc) is 2.36. The molecular formula is C13H18FNO2S. The molecule has 1 saturated carbocycles. The zero-order valence-corrected chi connectivity index (χ0v) is 11.4. The molecule has 1 aromatic rings. The molecule has 0 atom stereocenters. The molecule has 1 fully saturated rings. The van der Waals surface area contributed by atoms with Crippen molar-refractivity contribution in [1.29, 1.82) is 0 Å². The Labute approximate surface area is 111 Å². The number of methoxy groups -OCH3 is 2. The van der Waals surface area contributed by atoms with Gasteiger partial charge in [-0.1, -0.05) is 12.1 Å². The highest BCUT2D eigenvalue weighted by Gasteiger charge is 2.56. The summed E-state index contributed by atoms with van der Waals surface area (Å²) in [6.45, 7) is 0.473. The van der Waals surface area contributed by atoms with Gasteiger partial charge < -0.3 is 15.2 Å². The van der Waals surface area contributed by atoms with Crippen molar-refractivity contribution in [2.45, 2.75) is 28.3 Å². The summed E-state index contributed by atoms with van der Waals surface area (Å²) in [5.74, 6) is -0.764. The standard InChI is InChI=1S/C13H18FNO2S/c1-16-13(17-2)7-12(8-13,9-15)18-11-6-4-3-5-10(11)14/h3-6H,7-9,15H2,1-2H3. The fourth-order valence-electron chi connectivity index (χ4n) is 2.32. The topological polar surface area (TPSA) is 44.5 Å². The SMILES string of the molecule is COC1(OC)CC(CN)(Sc2ccccc2F)C1. The first kappa shape index (κ1) is 13.8. The van der Waals surface area contributed by atoms with Crippen molar-refractivity contribution in [3.05, 3.63) is 30.1 Å². The zero-order chi connectivity index (χ0) is 13.2. The lowest BCUT2D eigenvalue weighted by molar-refractivity contribution is -0.260. The number of hydrogen-bond donors (Lipinski definition) is 1. The molecule has 1 aliphatic rings. The molecule has 0 unspecified atom stereocenters. The van der Waals surface area contributed by atoms with E-state index >= 15 is 0 Å². The lowest BCUT2D eigenvalue weighted by atomic mass is 9.77. The van der Waals surface area contributed by atoms with Gasteiger partial charge in [0.05, 0.1) is 0 Å². The summed E-state index contributed by atoms with van der Waals surface area (Å²) in [7, 11) is 3.25. The largest absolute Gasteiger partial charge is 0.353 e. The predicted octanol–water partition coefficient (Wildman–Crippen LogP) is 2.40. The van der Waals surface area contributed by atoms with Crippen LogP contribution in [0.4, 0.5) is 4.39 Å². The summed E-state index contributed by atoms with van der Waals surface area (Å²) in [4.78, 5) is 0.628. The number of halogens is 1. The van der Waals surface area contributed by atoms with E-state index in [-0.39, 0.29) is 10.6 Å². The van der Waals surface area contributed by atoms with E-state index in [1.165, 1.54) is 17.8 Å². The Hall–Kier alpha value is -0.620. The lowest BCUT2D eigenvalue weighted by Gasteiger charge is -2.53. The van der Waals surface area contributed by atoms with Crippen LogP contribution in [0.2, 0.25) is 0 Å². The monoisotopic (exact) mass is 271 g/mol. The Morgan fingerprint density at radius 2 is 1.89 bits per heavy atom. The first-order chi connectivity index (χ1) is 8.59. The van der Waals surface area contributed by atoms with E-state index in [4.69, 9.17) is 15.2 Å². The molecule has 3 nitrogen and oxygen atoms in total. The van der Waals surface area contributed by atoms with Gasteiger partial charge in [-0.3, -0.25) is 0 Å². The molecule has 2 N–H and O–H groups in total. The minimum Gasteiger partial charge on any atom is -0.353 e. The molecule has 18 heavy (non-hydrogen) atoms. The summed E-state index contributed by atoms with van der Waals surface area (Å²) >= 11 is 1.48. The molecule has 1 aliphatic carbocycles. The van der Waals surface area contributed by atoms with Crippen molar-refractivity contribution >= 4 is 11.8 Å². The van der Waals surface area contributed by atoms with E-state index in [1.54, 1.807) is 26.4 Å². The Morgan fingerprint density at radius 1 is 1.28 bits per heavy atom. The van der Waals surface area contributed by atoms with E-state index in [1.807, 2.05) is 6.07 Å². The van der Waals surface area contributed by atoms with Crippen LogP contribution in [0.25, 0.3) is 0 Å². The summed E-state index contributed by atoms with van der Waals surface area (Å²) in [5, 5.41) is 0. The third kappa shape index (κ3) is 2.40. The molecule has 0 aromatic heterocycles. The molecule has 0 bridgehead atoms. The third-order valence-electron chi connectivity index (χ3n) is 3.46. The first-order valence-electron chi connectivity index (χ1n) is 5.83. The second-order valence-corrected chi connectivity index (χ2v) is 6.10. The number of nitrogens with two attached hydrogens (primary N) is 1. The summed E-state index contributed by atoms with van der Waals surface area (Å²) in [6.07, 6.45) is 1.34. The number of ether oxygens (including phenoxy) is 2. The summed E-state index contributed by atoms with van der Waals surface area (Å²) in [5.41, 5.74) is 5.84. The van der Waals surface area contributed by atoms with Gasteiger partial charge in [-0.25, -0.2) is 4.39 Å². The second-order valence-electron chi connectivity index (χ2n) is 4.59. The van der Waals surface area contributed by atoms with Gasteiger partial charge >= 0.3 is 0 Å². The molecule has 0 amide bonds. The summed E-state index contributed by atoms with van der Waals surface area (Å²) in [6, 6.07) is 6.75. The maximum atomic E-state index is 13.6. The zero-order valence-electron chi connectivity index (χ0n) is 10.6. The van der Waals surface area contributed by atoms with Crippen LogP contribution >= 0.6 is 11.8 Å². The molecule has 0 aliphatic heterocycles. The van der Waals surface area contributed by atoms with E-state index in [2.05, 4.69) is 0 Å². The van der Waals surface area contributed by atoms with Gasteiger partial charge in [-0.05, 0) is 12.1 Å². The molecule has 100 valence electrons. The van der Waals surface area contributed by atoms with Gasteiger partial charge in [-0.2, -0.15) is 0 Å². The van der Waals surface area contributed by atoms with Crippen LogP contribution < -0.4 is 5.73 Å². The van der Waals surface area contributed by atoms with Crippen LogP contribution in [0.15, 0.2) is 29.2 Å². The van der Waals surface area contributed by atoms with Crippen molar-refractivity contribution in [1.82, 2.24) is 0 Å². The number of rotatable bonds is 5. The number of hydrogen-bond acceptors (Lipinski definition) is 4. The van der Waals surface area contributed by atoms with E-state index in [0.717, 1.165) is 0 Å². The van der Waals surface area contributed by atoms with E-state index in [0.29, 0.717) is 24.3 Å². The van der Waals surface area contributed by atoms with Gasteiger partial charge in [0.15, 0.2) is 5.79 Å². The summed E-state index contributed by atoms with van der Waals surface area (Å²) < 4.78 is 24.2.